The molecule has 1 saturated carbocycles. The van der Waals surface area contributed by atoms with Crippen molar-refractivity contribution in [1.82, 2.24) is 5.32 Å². The van der Waals surface area contributed by atoms with Gasteiger partial charge in [-0.3, -0.25) is 4.79 Å². The van der Waals surface area contributed by atoms with Crippen molar-refractivity contribution in [2.24, 2.45) is 5.92 Å². The first-order valence-electron chi connectivity index (χ1n) is 7.64. The SMILES string of the molecule is CCC(O)(CC)CCNC(=O)[C@H]1C[C@@H]1c1ccccc1. The lowest BCUT2D eigenvalue weighted by molar-refractivity contribution is -0.122. The zero-order chi connectivity index (χ0) is 14.6. The second-order valence-corrected chi connectivity index (χ2v) is 5.83. The molecule has 0 saturated heterocycles. The highest BCUT2D eigenvalue weighted by Gasteiger charge is 2.43. The van der Waals surface area contributed by atoms with Crippen molar-refractivity contribution in [2.45, 2.75) is 51.0 Å². The van der Waals surface area contributed by atoms with Gasteiger partial charge in [0.2, 0.25) is 5.91 Å². The zero-order valence-electron chi connectivity index (χ0n) is 12.4. The van der Waals surface area contributed by atoms with E-state index < -0.39 is 5.60 Å². The molecule has 2 rings (SSSR count). The summed E-state index contributed by atoms with van der Waals surface area (Å²) in [6, 6.07) is 10.2. The minimum atomic E-state index is -0.629. The van der Waals surface area contributed by atoms with Crippen molar-refractivity contribution in [3.63, 3.8) is 0 Å². The van der Waals surface area contributed by atoms with Crippen LogP contribution in [0.3, 0.4) is 0 Å². The predicted octanol–water partition coefficient (Wildman–Crippen LogP) is 2.85. The van der Waals surface area contributed by atoms with Gasteiger partial charge in [0, 0.05) is 12.5 Å². The van der Waals surface area contributed by atoms with E-state index in [-0.39, 0.29) is 11.8 Å². The highest BCUT2D eigenvalue weighted by Crippen LogP contribution is 2.47. The molecule has 3 heteroatoms. The molecule has 110 valence electrons. The number of amides is 1. The Kier molecular flexibility index (Phi) is 4.81. The predicted molar refractivity (Wildman–Crippen MR) is 80.4 cm³/mol. The second kappa shape index (κ2) is 6.40. The summed E-state index contributed by atoms with van der Waals surface area (Å²) >= 11 is 0. The van der Waals surface area contributed by atoms with Crippen molar-refractivity contribution < 1.29 is 9.90 Å². The van der Waals surface area contributed by atoms with Gasteiger partial charge in [-0.15, -0.1) is 0 Å². The highest BCUT2D eigenvalue weighted by molar-refractivity contribution is 5.82. The summed E-state index contributed by atoms with van der Waals surface area (Å²) in [6.07, 6.45) is 3.04. The molecule has 0 radical (unpaired) electrons. The molecule has 3 nitrogen and oxygen atoms in total. The molecule has 0 heterocycles. The third-order valence-electron chi connectivity index (χ3n) is 4.56. The Morgan fingerprint density at radius 2 is 1.95 bits per heavy atom. The summed E-state index contributed by atoms with van der Waals surface area (Å²) in [7, 11) is 0. The van der Waals surface area contributed by atoms with Crippen LogP contribution in [0.4, 0.5) is 0 Å². The Labute approximate surface area is 121 Å². The number of carbonyl (C=O) groups is 1. The second-order valence-electron chi connectivity index (χ2n) is 5.83. The fourth-order valence-electron chi connectivity index (χ4n) is 2.71. The first-order valence-corrected chi connectivity index (χ1v) is 7.64. The minimum Gasteiger partial charge on any atom is -0.390 e. The summed E-state index contributed by atoms with van der Waals surface area (Å²) in [6.45, 7) is 4.53. The number of hydrogen-bond acceptors (Lipinski definition) is 2. The summed E-state index contributed by atoms with van der Waals surface area (Å²) in [5.41, 5.74) is 0.627. The van der Waals surface area contributed by atoms with E-state index in [4.69, 9.17) is 0 Å². The van der Waals surface area contributed by atoms with E-state index in [2.05, 4.69) is 17.4 Å². The van der Waals surface area contributed by atoms with Crippen LogP contribution in [-0.2, 0) is 4.79 Å². The zero-order valence-corrected chi connectivity index (χ0v) is 12.4. The maximum Gasteiger partial charge on any atom is 0.223 e. The van der Waals surface area contributed by atoms with E-state index in [9.17, 15) is 9.90 Å². The van der Waals surface area contributed by atoms with Crippen LogP contribution in [0.1, 0.15) is 51.0 Å². The van der Waals surface area contributed by atoms with E-state index in [0.717, 1.165) is 19.3 Å². The summed E-state index contributed by atoms with van der Waals surface area (Å²) in [5.74, 6) is 0.634. The van der Waals surface area contributed by atoms with E-state index in [1.807, 2.05) is 32.0 Å². The van der Waals surface area contributed by atoms with Crippen LogP contribution in [0.2, 0.25) is 0 Å². The highest BCUT2D eigenvalue weighted by atomic mass is 16.3. The summed E-state index contributed by atoms with van der Waals surface area (Å²) in [5, 5.41) is 13.1. The van der Waals surface area contributed by atoms with Gasteiger partial charge in [-0.05, 0) is 37.2 Å². The standard InChI is InChI=1S/C17H25NO2/c1-3-17(20,4-2)10-11-18-16(19)15-12-14(15)13-8-6-5-7-9-13/h5-9,14-15,20H,3-4,10-12H2,1-2H3,(H,18,19)/t14-,15+/m1/s1. The van der Waals surface area contributed by atoms with E-state index >= 15 is 0 Å². The number of carbonyl (C=O) groups excluding carboxylic acids is 1. The average molecular weight is 275 g/mol. The quantitative estimate of drug-likeness (QED) is 0.804. The van der Waals surface area contributed by atoms with Gasteiger partial charge >= 0.3 is 0 Å². The van der Waals surface area contributed by atoms with Crippen LogP contribution in [0, 0.1) is 5.92 Å². The average Bonchev–Trinajstić information content (AvgIpc) is 3.28. The Morgan fingerprint density at radius 3 is 2.55 bits per heavy atom. The van der Waals surface area contributed by atoms with Gasteiger partial charge in [0.1, 0.15) is 0 Å². The molecule has 1 fully saturated rings. The van der Waals surface area contributed by atoms with Crippen LogP contribution in [0.15, 0.2) is 30.3 Å². The third-order valence-corrected chi connectivity index (χ3v) is 4.56. The molecule has 1 aromatic carbocycles. The molecule has 1 aliphatic carbocycles. The Bertz CT molecular complexity index is 440. The third kappa shape index (κ3) is 3.60. The molecular weight excluding hydrogens is 250 g/mol. The molecule has 2 N–H and O–H groups in total. The minimum absolute atomic E-state index is 0.119. The molecule has 0 spiro atoms. The molecular formula is C17H25NO2. The molecule has 0 bridgehead atoms. The van der Waals surface area contributed by atoms with Gasteiger partial charge < -0.3 is 10.4 Å². The fourth-order valence-corrected chi connectivity index (χ4v) is 2.71. The molecule has 20 heavy (non-hydrogen) atoms. The van der Waals surface area contributed by atoms with Gasteiger partial charge in [-0.1, -0.05) is 44.2 Å². The summed E-state index contributed by atoms with van der Waals surface area (Å²) < 4.78 is 0. The Balaban J connectivity index is 1.75. The molecule has 0 aromatic heterocycles. The maximum atomic E-state index is 12.1. The van der Waals surface area contributed by atoms with Crippen molar-refractivity contribution >= 4 is 5.91 Å². The molecule has 1 amide bonds. The largest absolute Gasteiger partial charge is 0.390 e. The molecule has 2 atom stereocenters. The molecule has 1 aromatic rings. The number of aliphatic hydroxyl groups is 1. The molecule has 1 aliphatic rings. The normalized spacial score (nSPS) is 21.6. The van der Waals surface area contributed by atoms with Crippen molar-refractivity contribution in [1.29, 1.82) is 0 Å². The number of hydrogen-bond donors (Lipinski definition) is 2. The van der Waals surface area contributed by atoms with Crippen molar-refractivity contribution in [2.75, 3.05) is 6.54 Å². The lowest BCUT2D eigenvalue weighted by atomic mass is 9.93. The van der Waals surface area contributed by atoms with Gasteiger partial charge in [0.05, 0.1) is 5.60 Å². The first-order chi connectivity index (χ1) is 9.59. The van der Waals surface area contributed by atoms with E-state index in [0.29, 0.717) is 18.9 Å². The topological polar surface area (TPSA) is 49.3 Å². The fraction of sp³-hybridized carbons (Fsp3) is 0.588. The van der Waals surface area contributed by atoms with Gasteiger partial charge in [0.25, 0.3) is 0 Å². The smallest absolute Gasteiger partial charge is 0.223 e. The van der Waals surface area contributed by atoms with Gasteiger partial charge in [-0.25, -0.2) is 0 Å². The summed E-state index contributed by atoms with van der Waals surface area (Å²) in [4.78, 5) is 12.1. The first kappa shape index (κ1) is 15.0. The van der Waals surface area contributed by atoms with Crippen LogP contribution in [0.5, 0.6) is 0 Å². The van der Waals surface area contributed by atoms with E-state index in [1.54, 1.807) is 0 Å². The Hall–Kier alpha value is -1.35. The van der Waals surface area contributed by atoms with Gasteiger partial charge in [-0.2, -0.15) is 0 Å². The maximum absolute atomic E-state index is 12.1. The van der Waals surface area contributed by atoms with Crippen LogP contribution < -0.4 is 5.32 Å². The van der Waals surface area contributed by atoms with Crippen molar-refractivity contribution in [3.05, 3.63) is 35.9 Å². The number of rotatable bonds is 7. The Morgan fingerprint density at radius 1 is 1.30 bits per heavy atom. The van der Waals surface area contributed by atoms with Gasteiger partial charge in [0.15, 0.2) is 0 Å². The van der Waals surface area contributed by atoms with E-state index in [1.165, 1.54) is 5.56 Å². The molecule has 0 unspecified atom stereocenters. The van der Waals surface area contributed by atoms with Crippen LogP contribution >= 0.6 is 0 Å². The van der Waals surface area contributed by atoms with Crippen LogP contribution in [-0.4, -0.2) is 23.2 Å². The van der Waals surface area contributed by atoms with Crippen LogP contribution in [0.25, 0.3) is 0 Å². The lowest BCUT2D eigenvalue weighted by Gasteiger charge is -2.25. The van der Waals surface area contributed by atoms with Crippen molar-refractivity contribution in [3.8, 4) is 0 Å². The lowest BCUT2D eigenvalue weighted by Crippen LogP contribution is -2.34. The monoisotopic (exact) mass is 275 g/mol. The number of benzene rings is 1. The number of nitrogens with one attached hydrogen (secondary N) is 1. The molecule has 0 aliphatic heterocycles.